The summed E-state index contributed by atoms with van der Waals surface area (Å²) >= 11 is 0. The van der Waals surface area contributed by atoms with Crippen molar-refractivity contribution < 1.29 is 9.53 Å². The van der Waals surface area contributed by atoms with Crippen LogP contribution in [0.4, 0.5) is 4.79 Å². The average molecular weight is 200 g/mol. The molecule has 1 fully saturated rings. The van der Waals surface area contributed by atoms with Gasteiger partial charge < -0.3 is 15.8 Å². The van der Waals surface area contributed by atoms with Crippen LogP contribution in [-0.4, -0.2) is 25.3 Å². The van der Waals surface area contributed by atoms with Gasteiger partial charge in [0.15, 0.2) is 0 Å². The van der Waals surface area contributed by atoms with Gasteiger partial charge in [0.1, 0.15) is 0 Å². The minimum atomic E-state index is -0.287. The third-order valence-corrected chi connectivity index (χ3v) is 2.51. The van der Waals surface area contributed by atoms with Gasteiger partial charge in [-0.25, -0.2) is 4.79 Å². The summed E-state index contributed by atoms with van der Waals surface area (Å²) in [4.78, 5) is 11.2. The zero-order valence-corrected chi connectivity index (χ0v) is 8.63. The van der Waals surface area contributed by atoms with E-state index in [4.69, 9.17) is 10.5 Å². The standard InChI is InChI=1S/C10H20N2O2/c11-7-4-8-14-10(13)12-9-5-2-1-3-6-9/h9H,1-8,11H2,(H,12,13). The molecule has 0 bridgehead atoms. The molecule has 1 amide bonds. The first kappa shape index (κ1) is 11.3. The maximum atomic E-state index is 11.2. The van der Waals surface area contributed by atoms with Crippen molar-refractivity contribution in [3.63, 3.8) is 0 Å². The summed E-state index contributed by atoms with van der Waals surface area (Å²) in [6, 6.07) is 0.328. The number of nitrogens with one attached hydrogen (secondary N) is 1. The number of ether oxygens (including phenoxy) is 1. The number of rotatable bonds is 4. The predicted molar refractivity (Wildman–Crippen MR) is 55.0 cm³/mol. The van der Waals surface area contributed by atoms with Crippen molar-refractivity contribution in [1.29, 1.82) is 0 Å². The smallest absolute Gasteiger partial charge is 0.407 e. The molecule has 0 spiro atoms. The summed E-state index contributed by atoms with van der Waals surface area (Å²) in [5.41, 5.74) is 5.29. The van der Waals surface area contributed by atoms with E-state index in [1.165, 1.54) is 19.3 Å². The van der Waals surface area contributed by atoms with Gasteiger partial charge >= 0.3 is 6.09 Å². The molecule has 1 saturated carbocycles. The Morgan fingerprint density at radius 3 is 2.71 bits per heavy atom. The summed E-state index contributed by atoms with van der Waals surface area (Å²) < 4.78 is 4.96. The maximum Gasteiger partial charge on any atom is 0.407 e. The monoisotopic (exact) mass is 200 g/mol. The van der Waals surface area contributed by atoms with Gasteiger partial charge in [0.05, 0.1) is 6.61 Å². The number of nitrogens with two attached hydrogens (primary N) is 1. The lowest BCUT2D eigenvalue weighted by molar-refractivity contribution is 0.139. The van der Waals surface area contributed by atoms with Crippen LogP contribution in [0, 0.1) is 0 Å². The molecule has 0 aromatic carbocycles. The molecular weight excluding hydrogens is 180 g/mol. The lowest BCUT2D eigenvalue weighted by atomic mass is 9.96. The Morgan fingerprint density at radius 2 is 2.07 bits per heavy atom. The third-order valence-electron chi connectivity index (χ3n) is 2.51. The SMILES string of the molecule is NCCCOC(=O)NC1CCCCC1. The topological polar surface area (TPSA) is 64.3 Å². The molecular formula is C10H20N2O2. The number of hydrogen-bond acceptors (Lipinski definition) is 3. The highest BCUT2D eigenvalue weighted by Gasteiger charge is 2.15. The first-order valence-electron chi connectivity index (χ1n) is 5.46. The highest BCUT2D eigenvalue weighted by molar-refractivity contribution is 5.67. The summed E-state index contributed by atoms with van der Waals surface area (Å²) in [7, 11) is 0. The fraction of sp³-hybridized carbons (Fsp3) is 0.900. The second kappa shape index (κ2) is 6.65. The van der Waals surface area contributed by atoms with Crippen LogP contribution in [0.3, 0.4) is 0 Å². The van der Waals surface area contributed by atoms with E-state index in [1.54, 1.807) is 0 Å². The average Bonchev–Trinajstić information content (AvgIpc) is 2.20. The molecule has 4 nitrogen and oxygen atoms in total. The minimum Gasteiger partial charge on any atom is -0.450 e. The lowest BCUT2D eigenvalue weighted by Gasteiger charge is -2.22. The van der Waals surface area contributed by atoms with E-state index in [2.05, 4.69) is 5.32 Å². The van der Waals surface area contributed by atoms with Gasteiger partial charge in [-0.1, -0.05) is 19.3 Å². The van der Waals surface area contributed by atoms with Crippen LogP contribution in [0.25, 0.3) is 0 Å². The number of carbonyl (C=O) groups is 1. The van der Waals surface area contributed by atoms with Crippen LogP contribution in [0.5, 0.6) is 0 Å². The van der Waals surface area contributed by atoms with Gasteiger partial charge in [0, 0.05) is 6.04 Å². The quantitative estimate of drug-likeness (QED) is 0.674. The van der Waals surface area contributed by atoms with Crippen LogP contribution >= 0.6 is 0 Å². The normalized spacial score (nSPS) is 17.8. The first-order chi connectivity index (χ1) is 6.83. The Kier molecular flexibility index (Phi) is 5.37. The Hall–Kier alpha value is -0.770. The van der Waals surface area contributed by atoms with Crippen LogP contribution in [0.1, 0.15) is 38.5 Å². The van der Waals surface area contributed by atoms with Crippen LogP contribution in [0.2, 0.25) is 0 Å². The van der Waals surface area contributed by atoms with Crippen LogP contribution in [-0.2, 0) is 4.74 Å². The van der Waals surface area contributed by atoms with E-state index in [9.17, 15) is 4.79 Å². The van der Waals surface area contributed by atoms with E-state index in [1.807, 2.05) is 0 Å². The molecule has 0 aromatic rings. The highest BCUT2D eigenvalue weighted by Crippen LogP contribution is 2.17. The molecule has 0 aromatic heterocycles. The van der Waals surface area contributed by atoms with Crippen molar-refractivity contribution in [1.82, 2.24) is 5.32 Å². The molecule has 0 radical (unpaired) electrons. The molecule has 0 saturated heterocycles. The summed E-state index contributed by atoms with van der Waals surface area (Å²) in [6.45, 7) is 0.992. The van der Waals surface area contributed by atoms with E-state index < -0.39 is 0 Å². The molecule has 1 rings (SSSR count). The fourth-order valence-corrected chi connectivity index (χ4v) is 1.70. The molecule has 0 aliphatic heterocycles. The molecule has 14 heavy (non-hydrogen) atoms. The van der Waals surface area contributed by atoms with Crippen LogP contribution < -0.4 is 11.1 Å². The Balaban J connectivity index is 2.06. The molecule has 4 heteroatoms. The summed E-state index contributed by atoms with van der Waals surface area (Å²) in [5.74, 6) is 0. The Labute approximate surface area is 85.2 Å². The van der Waals surface area contributed by atoms with Gasteiger partial charge in [-0.15, -0.1) is 0 Å². The van der Waals surface area contributed by atoms with E-state index >= 15 is 0 Å². The zero-order chi connectivity index (χ0) is 10.2. The second-order valence-corrected chi connectivity index (χ2v) is 3.76. The summed E-state index contributed by atoms with van der Waals surface area (Å²) in [5, 5.41) is 2.88. The Bertz CT molecular complexity index is 168. The highest BCUT2D eigenvalue weighted by atomic mass is 16.5. The van der Waals surface area contributed by atoms with Crippen molar-refractivity contribution in [2.75, 3.05) is 13.2 Å². The number of alkyl carbamates (subject to hydrolysis) is 1. The maximum absolute atomic E-state index is 11.2. The van der Waals surface area contributed by atoms with E-state index in [0.29, 0.717) is 19.2 Å². The molecule has 1 aliphatic carbocycles. The van der Waals surface area contributed by atoms with Crippen LogP contribution in [0.15, 0.2) is 0 Å². The number of amides is 1. The van der Waals surface area contributed by atoms with Gasteiger partial charge in [0.2, 0.25) is 0 Å². The number of carbonyl (C=O) groups excluding carboxylic acids is 1. The van der Waals surface area contributed by atoms with E-state index in [-0.39, 0.29) is 6.09 Å². The van der Waals surface area contributed by atoms with E-state index in [0.717, 1.165) is 19.3 Å². The molecule has 0 unspecified atom stereocenters. The van der Waals surface area contributed by atoms with Gasteiger partial charge in [-0.2, -0.15) is 0 Å². The molecule has 0 atom stereocenters. The van der Waals surface area contributed by atoms with Crippen molar-refractivity contribution in [3.8, 4) is 0 Å². The molecule has 3 N–H and O–H groups in total. The van der Waals surface area contributed by atoms with Gasteiger partial charge in [0.25, 0.3) is 0 Å². The van der Waals surface area contributed by atoms with Crippen molar-refractivity contribution >= 4 is 6.09 Å². The van der Waals surface area contributed by atoms with Gasteiger partial charge in [-0.3, -0.25) is 0 Å². The second-order valence-electron chi connectivity index (χ2n) is 3.76. The predicted octanol–water partition coefficient (Wildman–Crippen LogP) is 1.39. The first-order valence-corrected chi connectivity index (χ1v) is 5.46. The third kappa shape index (κ3) is 4.46. The van der Waals surface area contributed by atoms with Gasteiger partial charge in [-0.05, 0) is 25.8 Å². The van der Waals surface area contributed by atoms with Crippen molar-refractivity contribution in [3.05, 3.63) is 0 Å². The Morgan fingerprint density at radius 1 is 1.36 bits per heavy atom. The molecule has 0 heterocycles. The molecule has 82 valence electrons. The molecule has 1 aliphatic rings. The minimum absolute atomic E-state index is 0.287. The fourth-order valence-electron chi connectivity index (χ4n) is 1.70. The zero-order valence-electron chi connectivity index (χ0n) is 8.63. The summed E-state index contributed by atoms with van der Waals surface area (Å²) in [6.07, 6.45) is 6.35. The lowest BCUT2D eigenvalue weighted by Crippen LogP contribution is -2.36. The van der Waals surface area contributed by atoms with Crippen molar-refractivity contribution in [2.45, 2.75) is 44.6 Å². The largest absolute Gasteiger partial charge is 0.450 e. The number of hydrogen-bond donors (Lipinski definition) is 2. The van der Waals surface area contributed by atoms with Crippen molar-refractivity contribution in [2.24, 2.45) is 5.73 Å².